The average molecular weight is 258 g/mol. The standard InChI is InChI=1S/C12H22N2O2S/c15-17(16,12-3-1-2-4-12)14-11-6-9-5-10(7-11)13-8-9/h9-14H,1-8H2. The number of fused-ring (bicyclic) bond motifs is 2. The van der Waals surface area contributed by atoms with Crippen LogP contribution in [0, 0.1) is 5.92 Å². The molecule has 2 N–H and O–H groups in total. The number of sulfonamides is 1. The van der Waals surface area contributed by atoms with Gasteiger partial charge in [0.25, 0.3) is 0 Å². The Morgan fingerprint density at radius 1 is 1.06 bits per heavy atom. The minimum absolute atomic E-state index is 0.116. The zero-order chi connectivity index (χ0) is 11.9. The van der Waals surface area contributed by atoms with E-state index in [1.807, 2.05) is 0 Å². The molecular formula is C12H22N2O2S. The summed E-state index contributed by atoms with van der Waals surface area (Å²) < 4.78 is 27.4. The molecule has 4 nitrogen and oxygen atoms in total. The molecule has 0 aromatic heterocycles. The van der Waals surface area contributed by atoms with Gasteiger partial charge >= 0.3 is 0 Å². The van der Waals surface area contributed by atoms with Crippen molar-refractivity contribution in [3.05, 3.63) is 0 Å². The van der Waals surface area contributed by atoms with Gasteiger partial charge in [0, 0.05) is 12.1 Å². The molecule has 1 saturated heterocycles. The van der Waals surface area contributed by atoms with Crippen LogP contribution in [-0.2, 0) is 10.0 Å². The maximum atomic E-state index is 12.2. The largest absolute Gasteiger partial charge is 0.314 e. The molecule has 0 aromatic carbocycles. The van der Waals surface area contributed by atoms with Gasteiger partial charge in [0.2, 0.25) is 10.0 Å². The Morgan fingerprint density at radius 2 is 1.82 bits per heavy atom. The van der Waals surface area contributed by atoms with Crippen molar-refractivity contribution in [3.63, 3.8) is 0 Å². The molecule has 17 heavy (non-hydrogen) atoms. The van der Waals surface area contributed by atoms with Gasteiger partial charge in [0.1, 0.15) is 0 Å². The molecule has 1 heterocycles. The lowest BCUT2D eigenvalue weighted by Crippen LogP contribution is -2.44. The summed E-state index contributed by atoms with van der Waals surface area (Å²) in [6.07, 6.45) is 7.09. The molecule has 0 aromatic rings. The van der Waals surface area contributed by atoms with Crippen LogP contribution in [0.25, 0.3) is 0 Å². The Morgan fingerprint density at radius 3 is 2.53 bits per heavy atom. The zero-order valence-corrected chi connectivity index (χ0v) is 11.0. The van der Waals surface area contributed by atoms with Crippen molar-refractivity contribution >= 4 is 10.0 Å². The monoisotopic (exact) mass is 258 g/mol. The molecular weight excluding hydrogens is 236 g/mol. The highest BCUT2D eigenvalue weighted by atomic mass is 32.2. The van der Waals surface area contributed by atoms with E-state index in [-0.39, 0.29) is 11.3 Å². The van der Waals surface area contributed by atoms with E-state index in [0.29, 0.717) is 12.0 Å². The molecule has 2 aliphatic carbocycles. The second-order valence-corrected chi connectivity index (χ2v) is 7.94. The Labute approximate surface area is 104 Å². The normalized spacial score (nSPS) is 38.7. The van der Waals surface area contributed by atoms with Gasteiger partial charge in [-0.3, -0.25) is 0 Å². The fourth-order valence-electron chi connectivity index (χ4n) is 3.73. The fourth-order valence-corrected chi connectivity index (χ4v) is 5.53. The summed E-state index contributed by atoms with van der Waals surface area (Å²) in [5, 5.41) is 3.35. The van der Waals surface area contributed by atoms with E-state index in [4.69, 9.17) is 0 Å². The van der Waals surface area contributed by atoms with Gasteiger partial charge in [-0.15, -0.1) is 0 Å². The second kappa shape index (κ2) is 4.52. The predicted octanol–water partition coefficient (Wildman–Crippen LogP) is 0.989. The molecule has 3 rings (SSSR count). The van der Waals surface area contributed by atoms with Gasteiger partial charge in [0.05, 0.1) is 5.25 Å². The average Bonchev–Trinajstić information content (AvgIpc) is 2.88. The maximum Gasteiger partial charge on any atom is 0.214 e. The lowest BCUT2D eigenvalue weighted by Gasteiger charge is -2.28. The zero-order valence-electron chi connectivity index (χ0n) is 10.2. The summed E-state index contributed by atoms with van der Waals surface area (Å²) in [5.74, 6) is 0.685. The summed E-state index contributed by atoms with van der Waals surface area (Å²) in [5.41, 5.74) is 0. The lowest BCUT2D eigenvalue weighted by atomic mass is 9.87. The van der Waals surface area contributed by atoms with E-state index in [0.717, 1.165) is 45.1 Å². The van der Waals surface area contributed by atoms with Crippen molar-refractivity contribution in [1.82, 2.24) is 10.0 Å². The van der Waals surface area contributed by atoms with Gasteiger partial charge in [-0.05, 0) is 44.6 Å². The van der Waals surface area contributed by atoms with Gasteiger partial charge in [-0.25, -0.2) is 13.1 Å². The third-order valence-electron chi connectivity index (χ3n) is 4.57. The molecule has 2 bridgehead atoms. The van der Waals surface area contributed by atoms with Crippen molar-refractivity contribution in [2.45, 2.75) is 62.3 Å². The molecule has 1 aliphatic heterocycles. The summed E-state index contributed by atoms with van der Waals surface area (Å²) in [7, 11) is -3.06. The predicted molar refractivity (Wildman–Crippen MR) is 67.2 cm³/mol. The maximum absolute atomic E-state index is 12.2. The summed E-state index contributed by atoms with van der Waals surface area (Å²) in [6, 6.07) is 0.726. The molecule has 3 fully saturated rings. The van der Waals surface area contributed by atoms with E-state index in [1.165, 1.54) is 6.42 Å². The Kier molecular flexibility index (Phi) is 3.17. The highest BCUT2D eigenvalue weighted by Crippen LogP contribution is 2.31. The van der Waals surface area contributed by atoms with E-state index in [9.17, 15) is 8.42 Å². The first-order valence-corrected chi connectivity index (χ1v) is 8.42. The van der Waals surface area contributed by atoms with Crippen LogP contribution < -0.4 is 10.0 Å². The summed E-state index contributed by atoms with van der Waals surface area (Å²) >= 11 is 0. The molecule has 98 valence electrons. The Bertz CT molecular complexity index is 364. The molecule has 0 radical (unpaired) electrons. The van der Waals surface area contributed by atoms with Crippen molar-refractivity contribution < 1.29 is 8.42 Å². The molecule has 2 saturated carbocycles. The smallest absolute Gasteiger partial charge is 0.214 e. The number of nitrogens with one attached hydrogen (secondary N) is 2. The van der Waals surface area contributed by atoms with Crippen LogP contribution in [0.1, 0.15) is 44.9 Å². The molecule has 0 amide bonds. The van der Waals surface area contributed by atoms with Gasteiger partial charge in [-0.1, -0.05) is 12.8 Å². The molecule has 3 aliphatic rings. The quantitative estimate of drug-likeness (QED) is 0.793. The third-order valence-corrected chi connectivity index (χ3v) is 6.58. The van der Waals surface area contributed by atoms with Crippen molar-refractivity contribution in [2.24, 2.45) is 5.92 Å². The van der Waals surface area contributed by atoms with Gasteiger partial charge in [0.15, 0.2) is 0 Å². The second-order valence-electron chi connectivity index (χ2n) is 5.94. The molecule has 0 spiro atoms. The fraction of sp³-hybridized carbons (Fsp3) is 1.00. The van der Waals surface area contributed by atoms with Crippen LogP contribution in [-0.4, -0.2) is 32.3 Å². The SMILES string of the molecule is O=S(=O)(NC1CC2CNC(C2)C1)C1CCCC1. The van der Waals surface area contributed by atoms with E-state index < -0.39 is 10.0 Å². The van der Waals surface area contributed by atoms with Gasteiger partial charge < -0.3 is 5.32 Å². The van der Waals surface area contributed by atoms with Crippen LogP contribution in [0.5, 0.6) is 0 Å². The first-order chi connectivity index (χ1) is 8.13. The summed E-state index contributed by atoms with van der Waals surface area (Å²) in [6.45, 7) is 1.08. The van der Waals surface area contributed by atoms with Crippen LogP contribution in [0.3, 0.4) is 0 Å². The molecule has 5 heteroatoms. The topological polar surface area (TPSA) is 58.2 Å². The molecule has 3 atom stereocenters. The van der Waals surface area contributed by atoms with Crippen LogP contribution in [0.15, 0.2) is 0 Å². The van der Waals surface area contributed by atoms with E-state index >= 15 is 0 Å². The number of rotatable bonds is 3. The minimum atomic E-state index is -3.06. The minimum Gasteiger partial charge on any atom is -0.314 e. The third kappa shape index (κ3) is 2.51. The van der Waals surface area contributed by atoms with Crippen LogP contribution in [0.2, 0.25) is 0 Å². The van der Waals surface area contributed by atoms with E-state index in [1.54, 1.807) is 0 Å². The first-order valence-electron chi connectivity index (χ1n) is 6.88. The van der Waals surface area contributed by atoms with Crippen molar-refractivity contribution in [3.8, 4) is 0 Å². The highest BCUT2D eigenvalue weighted by Gasteiger charge is 2.37. The Hall–Kier alpha value is -0.130. The van der Waals surface area contributed by atoms with Crippen LogP contribution in [0.4, 0.5) is 0 Å². The molecule has 3 unspecified atom stereocenters. The first kappa shape index (κ1) is 11.9. The highest BCUT2D eigenvalue weighted by molar-refractivity contribution is 7.90. The number of hydrogen-bond acceptors (Lipinski definition) is 3. The number of hydrogen-bond donors (Lipinski definition) is 2. The van der Waals surface area contributed by atoms with Crippen LogP contribution >= 0.6 is 0 Å². The Balaban J connectivity index is 1.62. The van der Waals surface area contributed by atoms with Crippen molar-refractivity contribution in [2.75, 3.05) is 6.54 Å². The van der Waals surface area contributed by atoms with Gasteiger partial charge in [-0.2, -0.15) is 0 Å². The summed E-state index contributed by atoms with van der Waals surface area (Å²) in [4.78, 5) is 0. The van der Waals surface area contributed by atoms with Crippen molar-refractivity contribution in [1.29, 1.82) is 0 Å². The van der Waals surface area contributed by atoms with E-state index in [2.05, 4.69) is 10.0 Å². The lowest BCUT2D eigenvalue weighted by molar-refractivity contribution is 0.344.